The average Bonchev–Trinajstić information content (AvgIpc) is 3.62. The minimum atomic E-state index is -0.306. The summed E-state index contributed by atoms with van der Waals surface area (Å²) in [6, 6.07) is 11.5. The molecular weight excluding hydrogens is 386 g/mol. The maximum Gasteiger partial charge on any atom is 0.255 e. The van der Waals surface area contributed by atoms with Gasteiger partial charge in [-0.15, -0.1) is 0 Å². The Morgan fingerprint density at radius 3 is 2.10 bits per heavy atom. The van der Waals surface area contributed by atoms with Crippen molar-refractivity contribution in [3.63, 3.8) is 0 Å². The second-order valence-corrected chi connectivity index (χ2v) is 6.92. The quantitative estimate of drug-likeness (QED) is 0.549. The number of hydrogen-bond acceptors (Lipinski definition) is 5. The summed E-state index contributed by atoms with van der Waals surface area (Å²) in [6.45, 7) is 0.760. The van der Waals surface area contributed by atoms with Crippen molar-refractivity contribution >= 4 is 23.4 Å². The van der Waals surface area contributed by atoms with Crippen molar-refractivity contribution in [1.82, 2.24) is 10.6 Å². The summed E-state index contributed by atoms with van der Waals surface area (Å²) in [5.74, 6) is 0.663. The van der Waals surface area contributed by atoms with Crippen molar-refractivity contribution in [3.05, 3.63) is 53.6 Å². The van der Waals surface area contributed by atoms with Crippen LogP contribution in [0.4, 0.5) is 5.69 Å². The van der Waals surface area contributed by atoms with E-state index in [1.165, 1.54) is 14.2 Å². The standard InChI is InChI=1S/C22H25N3O5/c1-29-18-10-7-16(13-19(18)30-2)22(28)25-17-8-5-15(6-9-17)21(27)24-12-11-23-20(26)14-3-4-14/h5-10,13-14H,3-4,11-12H2,1-2H3,(H,23,26)(H,24,27)(H,25,28). The zero-order valence-electron chi connectivity index (χ0n) is 17.0. The zero-order valence-corrected chi connectivity index (χ0v) is 17.0. The van der Waals surface area contributed by atoms with Gasteiger partial charge in [0.05, 0.1) is 14.2 Å². The number of methoxy groups -OCH3 is 2. The Morgan fingerprint density at radius 1 is 0.833 bits per heavy atom. The number of amides is 3. The van der Waals surface area contributed by atoms with E-state index in [4.69, 9.17) is 9.47 Å². The van der Waals surface area contributed by atoms with Crippen LogP contribution in [-0.2, 0) is 4.79 Å². The predicted molar refractivity (Wildman–Crippen MR) is 112 cm³/mol. The zero-order chi connectivity index (χ0) is 21.5. The third-order valence-electron chi connectivity index (χ3n) is 4.71. The highest BCUT2D eigenvalue weighted by Gasteiger charge is 2.29. The predicted octanol–water partition coefficient (Wildman–Crippen LogP) is 2.21. The van der Waals surface area contributed by atoms with Crippen molar-refractivity contribution < 1.29 is 23.9 Å². The van der Waals surface area contributed by atoms with Gasteiger partial charge in [0.1, 0.15) is 0 Å². The van der Waals surface area contributed by atoms with Crippen LogP contribution < -0.4 is 25.4 Å². The van der Waals surface area contributed by atoms with Crippen molar-refractivity contribution in [3.8, 4) is 11.5 Å². The van der Waals surface area contributed by atoms with Gasteiger partial charge in [0.25, 0.3) is 11.8 Å². The molecule has 0 heterocycles. The molecular formula is C22H25N3O5. The summed E-state index contributed by atoms with van der Waals surface area (Å²) in [4.78, 5) is 36.2. The minimum Gasteiger partial charge on any atom is -0.493 e. The molecule has 0 atom stereocenters. The molecule has 1 aliphatic rings. The van der Waals surface area contributed by atoms with Gasteiger partial charge >= 0.3 is 0 Å². The highest BCUT2D eigenvalue weighted by Crippen LogP contribution is 2.29. The van der Waals surface area contributed by atoms with E-state index in [2.05, 4.69) is 16.0 Å². The van der Waals surface area contributed by atoms with E-state index >= 15 is 0 Å². The molecule has 1 fully saturated rings. The number of anilines is 1. The van der Waals surface area contributed by atoms with Crippen LogP contribution in [-0.4, -0.2) is 45.0 Å². The summed E-state index contributed by atoms with van der Waals surface area (Å²) in [6.07, 6.45) is 1.90. The first kappa shape index (κ1) is 21.2. The van der Waals surface area contributed by atoms with Crippen LogP contribution in [0.1, 0.15) is 33.6 Å². The Balaban J connectivity index is 1.50. The summed E-state index contributed by atoms with van der Waals surface area (Å²) in [7, 11) is 3.03. The van der Waals surface area contributed by atoms with E-state index in [1.54, 1.807) is 42.5 Å². The molecule has 0 radical (unpaired) electrons. The highest BCUT2D eigenvalue weighted by molar-refractivity contribution is 6.05. The lowest BCUT2D eigenvalue weighted by Gasteiger charge is -2.10. The maximum absolute atomic E-state index is 12.5. The number of nitrogens with one attached hydrogen (secondary N) is 3. The van der Waals surface area contributed by atoms with Gasteiger partial charge in [0, 0.05) is 35.8 Å². The van der Waals surface area contributed by atoms with E-state index in [0.717, 1.165) is 12.8 Å². The van der Waals surface area contributed by atoms with Crippen LogP contribution in [0.15, 0.2) is 42.5 Å². The van der Waals surface area contributed by atoms with Gasteiger partial charge in [-0.1, -0.05) is 0 Å². The fourth-order valence-electron chi connectivity index (χ4n) is 2.84. The Kier molecular flexibility index (Phi) is 6.90. The molecule has 3 N–H and O–H groups in total. The number of carbonyl (C=O) groups excluding carboxylic acids is 3. The Morgan fingerprint density at radius 2 is 1.47 bits per heavy atom. The van der Waals surface area contributed by atoms with Crippen LogP contribution in [0.25, 0.3) is 0 Å². The Hall–Kier alpha value is -3.55. The smallest absolute Gasteiger partial charge is 0.255 e. The monoisotopic (exact) mass is 411 g/mol. The lowest BCUT2D eigenvalue weighted by atomic mass is 10.1. The molecule has 2 aromatic rings. The first-order valence-electron chi connectivity index (χ1n) is 9.71. The third kappa shape index (κ3) is 5.50. The van der Waals surface area contributed by atoms with E-state index < -0.39 is 0 Å². The van der Waals surface area contributed by atoms with Crippen molar-refractivity contribution in [2.45, 2.75) is 12.8 Å². The molecule has 0 saturated heterocycles. The van der Waals surface area contributed by atoms with Crippen molar-refractivity contribution in [2.24, 2.45) is 5.92 Å². The number of hydrogen-bond donors (Lipinski definition) is 3. The molecule has 1 aliphatic carbocycles. The molecule has 158 valence electrons. The average molecular weight is 411 g/mol. The lowest BCUT2D eigenvalue weighted by molar-refractivity contribution is -0.122. The van der Waals surface area contributed by atoms with E-state index in [1.807, 2.05) is 0 Å². The largest absolute Gasteiger partial charge is 0.493 e. The maximum atomic E-state index is 12.5. The molecule has 0 aliphatic heterocycles. The van der Waals surface area contributed by atoms with E-state index in [9.17, 15) is 14.4 Å². The number of carbonyl (C=O) groups is 3. The van der Waals surface area contributed by atoms with Crippen molar-refractivity contribution in [1.29, 1.82) is 0 Å². The molecule has 30 heavy (non-hydrogen) atoms. The highest BCUT2D eigenvalue weighted by atomic mass is 16.5. The van der Waals surface area contributed by atoms with Crippen LogP contribution in [0.2, 0.25) is 0 Å². The third-order valence-corrected chi connectivity index (χ3v) is 4.71. The van der Waals surface area contributed by atoms with Crippen LogP contribution in [0.3, 0.4) is 0 Å². The number of ether oxygens (including phenoxy) is 2. The molecule has 0 bridgehead atoms. The first-order chi connectivity index (χ1) is 14.5. The van der Waals surface area contributed by atoms with Gasteiger partial charge in [-0.25, -0.2) is 0 Å². The second kappa shape index (κ2) is 9.78. The van der Waals surface area contributed by atoms with Gasteiger partial charge in [-0.05, 0) is 55.3 Å². The Bertz CT molecular complexity index is 923. The Labute approximate surface area is 174 Å². The molecule has 0 aromatic heterocycles. The van der Waals surface area contributed by atoms with Crippen LogP contribution >= 0.6 is 0 Å². The fraction of sp³-hybridized carbons (Fsp3) is 0.318. The normalized spacial score (nSPS) is 12.6. The minimum absolute atomic E-state index is 0.0545. The van der Waals surface area contributed by atoms with E-state index in [-0.39, 0.29) is 23.6 Å². The SMILES string of the molecule is COc1ccc(C(=O)Nc2ccc(C(=O)NCCNC(=O)C3CC3)cc2)cc1OC. The molecule has 8 heteroatoms. The molecule has 0 unspecified atom stereocenters. The second-order valence-electron chi connectivity index (χ2n) is 6.92. The molecule has 2 aromatic carbocycles. The van der Waals surface area contributed by atoms with Gasteiger partial charge in [0.15, 0.2) is 11.5 Å². The van der Waals surface area contributed by atoms with Gasteiger partial charge in [-0.3, -0.25) is 14.4 Å². The molecule has 0 spiro atoms. The van der Waals surface area contributed by atoms with Gasteiger partial charge in [-0.2, -0.15) is 0 Å². The number of benzene rings is 2. The first-order valence-corrected chi connectivity index (χ1v) is 9.71. The van der Waals surface area contributed by atoms with Crippen molar-refractivity contribution in [2.75, 3.05) is 32.6 Å². The van der Waals surface area contributed by atoms with Gasteiger partial charge < -0.3 is 25.4 Å². The summed E-state index contributed by atoms with van der Waals surface area (Å²) >= 11 is 0. The fourth-order valence-corrected chi connectivity index (χ4v) is 2.84. The molecule has 1 saturated carbocycles. The molecule has 3 rings (SSSR count). The van der Waals surface area contributed by atoms with Gasteiger partial charge in [0.2, 0.25) is 5.91 Å². The summed E-state index contributed by atoms with van der Waals surface area (Å²) < 4.78 is 10.4. The lowest BCUT2D eigenvalue weighted by Crippen LogP contribution is -2.35. The summed E-state index contributed by atoms with van der Waals surface area (Å²) in [5.41, 5.74) is 1.44. The number of rotatable bonds is 9. The summed E-state index contributed by atoms with van der Waals surface area (Å²) in [5, 5.41) is 8.33. The van der Waals surface area contributed by atoms with E-state index in [0.29, 0.717) is 41.4 Å². The van der Waals surface area contributed by atoms with Crippen LogP contribution in [0.5, 0.6) is 11.5 Å². The topological polar surface area (TPSA) is 106 Å². The molecule has 3 amide bonds. The van der Waals surface area contributed by atoms with Crippen LogP contribution in [0, 0.1) is 5.92 Å². The molecule has 8 nitrogen and oxygen atoms in total.